The molecular weight excluding hydrogens is 522 g/mol. The standard InChI is InChI=1S/C29H33NO10/c1-12-7-13(8-16(30-2)24(12)33)40-18-10-29(38,19(32)11-31)9-15-21(18)28(37)23-22(26(15)35)25(34)14-5-4-6-17(39-3)20(14)27(23)36/h4-6,12-13,16,18,24,30-31,33,35,37-38H,7-11H2,1-3H3/t12?,13-,16-,18?,24-,29+/m1/s1. The fourth-order valence-electron chi connectivity index (χ4n) is 6.50. The highest BCUT2D eigenvalue weighted by atomic mass is 16.5. The number of carbonyl (C=O) groups excluding carboxylic acids is 3. The van der Waals surface area contributed by atoms with Crippen LogP contribution in [0.5, 0.6) is 17.2 Å². The van der Waals surface area contributed by atoms with Crippen molar-refractivity contribution < 1.29 is 49.4 Å². The Hall–Kier alpha value is -3.35. The molecule has 0 bridgehead atoms. The maximum Gasteiger partial charge on any atom is 0.202 e. The quantitative estimate of drug-likeness (QED) is 0.238. The summed E-state index contributed by atoms with van der Waals surface area (Å²) >= 11 is 0. The summed E-state index contributed by atoms with van der Waals surface area (Å²) in [5.74, 6) is -3.64. The van der Waals surface area contributed by atoms with Crippen molar-refractivity contribution in [3.05, 3.63) is 51.6 Å². The zero-order valence-corrected chi connectivity index (χ0v) is 22.4. The van der Waals surface area contributed by atoms with Crippen molar-refractivity contribution in [2.24, 2.45) is 5.92 Å². The van der Waals surface area contributed by atoms with Crippen LogP contribution in [-0.4, -0.2) is 87.5 Å². The average molecular weight is 556 g/mol. The molecule has 2 aromatic carbocycles. The number of hydrogen-bond donors (Lipinski definition) is 6. The first-order chi connectivity index (χ1) is 19.0. The molecule has 214 valence electrons. The van der Waals surface area contributed by atoms with E-state index in [0.29, 0.717) is 12.8 Å². The van der Waals surface area contributed by atoms with Crippen molar-refractivity contribution >= 4 is 17.3 Å². The monoisotopic (exact) mass is 555 g/mol. The van der Waals surface area contributed by atoms with Crippen LogP contribution in [0, 0.1) is 5.92 Å². The Labute approximate surface area is 230 Å². The highest BCUT2D eigenvalue weighted by molar-refractivity contribution is 6.31. The number of benzene rings is 2. The molecule has 0 aromatic heterocycles. The zero-order valence-electron chi connectivity index (χ0n) is 22.4. The number of methoxy groups -OCH3 is 1. The van der Waals surface area contributed by atoms with Crippen molar-refractivity contribution in [3.63, 3.8) is 0 Å². The van der Waals surface area contributed by atoms with E-state index in [2.05, 4.69) is 5.32 Å². The molecule has 0 saturated heterocycles. The first kappa shape index (κ1) is 28.2. The largest absolute Gasteiger partial charge is 0.507 e. The molecular formula is C29H33NO10. The molecule has 0 radical (unpaired) electrons. The number of likely N-dealkylation sites (N-methyl/N-ethyl adjacent to an activating group) is 1. The first-order valence-corrected chi connectivity index (χ1v) is 13.2. The van der Waals surface area contributed by atoms with E-state index < -0.39 is 76.9 Å². The Morgan fingerprint density at radius 3 is 2.45 bits per heavy atom. The van der Waals surface area contributed by atoms with Gasteiger partial charge in [0, 0.05) is 35.6 Å². The van der Waals surface area contributed by atoms with Crippen molar-refractivity contribution in [3.8, 4) is 17.2 Å². The topological polar surface area (TPSA) is 183 Å². The van der Waals surface area contributed by atoms with E-state index in [9.17, 15) is 39.9 Å². The maximum absolute atomic E-state index is 13.7. The smallest absolute Gasteiger partial charge is 0.202 e. The summed E-state index contributed by atoms with van der Waals surface area (Å²) in [5, 5.41) is 57.5. The molecule has 3 aliphatic carbocycles. The fourth-order valence-corrected chi connectivity index (χ4v) is 6.50. The van der Waals surface area contributed by atoms with E-state index in [0.717, 1.165) is 0 Å². The Morgan fingerprint density at radius 2 is 1.80 bits per heavy atom. The van der Waals surface area contributed by atoms with E-state index in [1.807, 2.05) is 6.92 Å². The Balaban J connectivity index is 1.68. The van der Waals surface area contributed by atoms with E-state index in [1.165, 1.54) is 25.3 Å². The fraction of sp³-hybridized carbons (Fsp3) is 0.483. The molecule has 0 spiro atoms. The van der Waals surface area contributed by atoms with Gasteiger partial charge < -0.3 is 40.3 Å². The van der Waals surface area contributed by atoms with Crippen LogP contribution in [0.2, 0.25) is 0 Å². The van der Waals surface area contributed by atoms with Crippen LogP contribution in [-0.2, 0) is 16.0 Å². The van der Waals surface area contributed by atoms with Gasteiger partial charge in [-0.1, -0.05) is 19.1 Å². The number of phenols is 2. The highest BCUT2D eigenvalue weighted by Crippen LogP contribution is 2.52. The van der Waals surface area contributed by atoms with Crippen LogP contribution in [0.4, 0.5) is 0 Å². The van der Waals surface area contributed by atoms with E-state index in [4.69, 9.17) is 9.47 Å². The molecule has 1 saturated carbocycles. The lowest BCUT2D eigenvalue weighted by atomic mass is 9.71. The van der Waals surface area contributed by atoms with Gasteiger partial charge in [-0.2, -0.15) is 0 Å². The summed E-state index contributed by atoms with van der Waals surface area (Å²) in [5.41, 5.74) is -3.22. The molecule has 40 heavy (non-hydrogen) atoms. The number of aliphatic hydroxyl groups excluding tert-OH is 2. The molecule has 0 amide bonds. The molecule has 3 aliphatic rings. The number of nitrogens with one attached hydrogen (secondary N) is 1. The third-order valence-corrected chi connectivity index (χ3v) is 8.61. The summed E-state index contributed by atoms with van der Waals surface area (Å²) in [6, 6.07) is 4.13. The lowest BCUT2D eigenvalue weighted by Gasteiger charge is -2.43. The number of hydrogen-bond acceptors (Lipinski definition) is 11. The van der Waals surface area contributed by atoms with E-state index >= 15 is 0 Å². The summed E-state index contributed by atoms with van der Waals surface area (Å²) in [6.07, 6.45) is -2.38. The number of fused-ring (bicyclic) bond motifs is 3. The van der Waals surface area contributed by atoms with Gasteiger partial charge in [0.15, 0.2) is 11.6 Å². The number of carbonyl (C=O) groups is 3. The highest BCUT2D eigenvalue weighted by Gasteiger charge is 2.50. The lowest BCUT2D eigenvalue weighted by molar-refractivity contribution is -0.151. The minimum Gasteiger partial charge on any atom is -0.507 e. The number of rotatable bonds is 6. The average Bonchev–Trinajstić information content (AvgIpc) is 2.94. The lowest BCUT2D eigenvalue weighted by Crippen LogP contribution is -2.51. The van der Waals surface area contributed by atoms with Gasteiger partial charge in [-0.3, -0.25) is 14.4 Å². The van der Waals surface area contributed by atoms with E-state index in [1.54, 1.807) is 7.05 Å². The summed E-state index contributed by atoms with van der Waals surface area (Å²) in [4.78, 5) is 40.0. The van der Waals surface area contributed by atoms with Crippen molar-refractivity contribution in [1.29, 1.82) is 0 Å². The van der Waals surface area contributed by atoms with Crippen molar-refractivity contribution in [2.75, 3.05) is 20.8 Å². The predicted octanol–water partition coefficient (Wildman–Crippen LogP) is 0.926. The third-order valence-electron chi connectivity index (χ3n) is 8.61. The van der Waals surface area contributed by atoms with Crippen LogP contribution >= 0.6 is 0 Å². The number of aromatic hydroxyl groups is 2. The van der Waals surface area contributed by atoms with Gasteiger partial charge in [0.25, 0.3) is 0 Å². The maximum atomic E-state index is 13.7. The van der Waals surface area contributed by atoms with Crippen molar-refractivity contribution in [1.82, 2.24) is 5.32 Å². The van der Waals surface area contributed by atoms with Crippen LogP contribution in [0.15, 0.2) is 18.2 Å². The second-order valence-electron chi connectivity index (χ2n) is 11.0. The molecule has 2 unspecified atom stereocenters. The molecule has 11 nitrogen and oxygen atoms in total. The molecule has 11 heteroatoms. The molecule has 6 atom stereocenters. The second kappa shape index (κ2) is 10.2. The number of Topliss-reactive ketones (excluding diaryl/α,β-unsaturated/α-hetero) is 1. The molecule has 2 aromatic rings. The van der Waals surface area contributed by atoms with Gasteiger partial charge in [-0.05, 0) is 31.9 Å². The van der Waals surface area contributed by atoms with Crippen molar-refractivity contribution in [2.45, 2.75) is 62.6 Å². The van der Waals surface area contributed by atoms with Crippen LogP contribution in [0.3, 0.4) is 0 Å². The van der Waals surface area contributed by atoms with Gasteiger partial charge >= 0.3 is 0 Å². The van der Waals surface area contributed by atoms with E-state index in [-0.39, 0.29) is 46.4 Å². The van der Waals surface area contributed by atoms with Crippen LogP contribution in [0.1, 0.15) is 75.3 Å². The van der Waals surface area contributed by atoms with Crippen LogP contribution < -0.4 is 10.1 Å². The van der Waals surface area contributed by atoms with Gasteiger partial charge in [0.2, 0.25) is 5.78 Å². The number of ether oxygens (including phenoxy) is 2. The van der Waals surface area contributed by atoms with Gasteiger partial charge in [-0.25, -0.2) is 0 Å². The third kappa shape index (κ3) is 4.20. The predicted molar refractivity (Wildman–Crippen MR) is 140 cm³/mol. The summed E-state index contributed by atoms with van der Waals surface area (Å²) in [7, 11) is 3.05. The zero-order chi connectivity index (χ0) is 29.1. The molecule has 6 N–H and O–H groups in total. The Bertz CT molecular complexity index is 1400. The Morgan fingerprint density at radius 1 is 1.10 bits per heavy atom. The first-order valence-electron chi connectivity index (χ1n) is 13.2. The molecule has 0 heterocycles. The molecule has 5 rings (SSSR count). The summed E-state index contributed by atoms with van der Waals surface area (Å²) < 4.78 is 11.7. The Kier molecular flexibility index (Phi) is 7.22. The number of aliphatic hydroxyl groups is 3. The number of ketones is 3. The second-order valence-corrected chi connectivity index (χ2v) is 11.0. The van der Waals surface area contributed by atoms with Gasteiger partial charge in [0.05, 0.1) is 42.1 Å². The minimum atomic E-state index is -2.17. The van der Waals surface area contributed by atoms with Gasteiger partial charge in [-0.15, -0.1) is 0 Å². The normalized spacial score (nSPS) is 29.4. The minimum absolute atomic E-state index is 0.00838. The van der Waals surface area contributed by atoms with Crippen LogP contribution in [0.25, 0.3) is 0 Å². The number of phenolic OH excluding ortho intramolecular Hbond substituents is 2. The SMILES string of the molecule is CN[C@@H]1C[C@H](OC2C[C@](O)(C(=O)CO)Cc3c(O)c4c(c(O)c32)C(=O)c2c(OC)cccc2C4=O)CC(C)[C@H]1O. The molecule has 0 aliphatic heterocycles. The molecule has 1 fully saturated rings. The summed E-state index contributed by atoms with van der Waals surface area (Å²) in [6.45, 7) is 0.884. The van der Waals surface area contributed by atoms with Gasteiger partial charge in [0.1, 0.15) is 29.5 Å².